The molecule has 0 radical (unpaired) electrons. The number of nitrogens with one attached hydrogen (secondary N) is 1. The number of ether oxygens (including phenoxy) is 3. The third kappa shape index (κ3) is 5.04. The van der Waals surface area contributed by atoms with Crippen molar-refractivity contribution in [1.29, 1.82) is 0 Å². The smallest absolute Gasteiger partial charge is 0.193 e. The Kier molecular flexibility index (Phi) is 6.51. The van der Waals surface area contributed by atoms with Crippen LogP contribution < -0.4 is 25.3 Å². The van der Waals surface area contributed by atoms with Crippen molar-refractivity contribution < 1.29 is 14.2 Å². The average molecular weight is 343 g/mol. The molecule has 2 aromatic rings. The molecule has 0 heterocycles. The van der Waals surface area contributed by atoms with Crippen LogP contribution in [0.1, 0.15) is 11.1 Å². The molecular weight excluding hydrogens is 318 g/mol. The highest BCUT2D eigenvalue weighted by Gasteiger charge is 2.06. The lowest BCUT2D eigenvalue weighted by atomic mass is 10.1. The average Bonchev–Trinajstić information content (AvgIpc) is 2.60. The number of rotatable bonds is 7. The van der Waals surface area contributed by atoms with Gasteiger partial charge in [-0.05, 0) is 37.1 Å². The summed E-state index contributed by atoms with van der Waals surface area (Å²) in [5, 5.41) is 3.02. The van der Waals surface area contributed by atoms with Crippen molar-refractivity contribution in [2.45, 2.75) is 13.8 Å². The number of guanidine groups is 1. The summed E-state index contributed by atoms with van der Waals surface area (Å²) in [6.45, 7) is 4.94. The van der Waals surface area contributed by atoms with Crippen LogP contribution in [0.5, 0.6) is 17.2 Å². The minimum Gasteiger partial charge on any atom is -0.497 e. The molecule has 0 amide bonds. The first-order chi connectivity index (χ1) is 12.0. The zero-order chi connectivity index (χ0) is 18.2. The first kappa shape index (κ1) is 18.4. The monoisotopic (exact) mass is 343 g/mol. The van der Waals surface area contributed by atoms with E-state index in [0.29, 0.717) is 30.3 Å². The fraction of sp³-hybridized carbons (Fsp3) is 0.316. The number of benzene rings is 2. The maximum absolute atomic E-state index is 5.95. The van der Waals surface area contributed by atoms with Gasteiger partial charge in [-0.25, -0.2) is 4.99 Å². The summed E-state index contributed by atoms with van der Waals surface area (Å²) in [7, 11) is 3.20. The topological polar surface area (TPSA) is 78.1 Å². The fourth-order valence-corrected chi connectivity index (χ4v) is 2.43. The zero-order valence-electron chi connectivity index (χ0n) is 15.1. The molecule has 0 aliphatic heterocycles. The summed E-state index contributed by atoms with van der Waals surface area (Å²) in [6, 6.07) is 11.5. The summed E-state index contributed by atoms with van der Waals surface area (Å²) in [5.41, 5.74) is 8.86. The lowest BCUT2D eigenvalue weighted by Gasteiger charge is -2.13. The minimum absolute atomic E-state index is 0.289. The standard InChI is InChI=1S/C19H25N3O3/c1-13-6-5-7-14(2)18(13)25-11-10-21-19(20)22-16-12-15(23-3)8-9-17(16)24-4/h5-9,12H,10-11H2,1-4H3,(H3,20,21,22). The van der Waals surface area contributed by atoms with Crippen LogP contribution in [0, 0.1) is 13.8 Å². The van der Waals surface area contributed by atoms with Crippen LogP contribution in [0.2, 0.25) is 0 Å². The number of methoxy groups -OCH3 is 2. The normalized spacial score (nSPS) is 11.1. The van der Waals surface area contributed by atoms with Gasteiger partial charge < -0.3 is 25.3 Å². The minimum atomic E-state index is 0.289. The van der Waals surface area contributed by atoms with Crippen LogP contribution in [0.15, 0.2) is 41.4 Å². The van der Waals surface area contributed by atoms with E-state index in [4.69, 9.17) is 19.9 Å². The van der Waals surface area contributed by atoms with Crippen molar-refractivity contribution in [3.05, 3.63) is 47.5 Å². The summed E-state index contributed by atoms with van der Waals surface area (Å²) in [5.74, 6) is 2.55. The zero-order valence-corrected chi connectivity index (χ0v) is 15.1. The summed E-state index contributed by atoms with van der Waals surface area (Å²) in [6.07, 6.45) is 0. The van der Waals surface area contributed by atoms with E-state index < -0.39 is 0 Å². The van der Waals surface area contributed by atoms with Gasteiger partial charge in [-0.15, -0.1) is 0 Å². The molecule has 0 aromatic heterocycles. The lowest BCUT2D eigenvalue weighted by molar-refractivity contribution is 0.324. The largest absolute Gasteiger partial charge is 0.497 e. The highest BCUT2D eigenvalue weighted by molar-refractivity contribution is 5.94. The number of para-hydroxylation sites is 1. The maximum atomic E-state index is 5.95. The van der Waals surface area contributed by atoms with Crippen molar-refractivity contribution in [1.82, 2.24) is 0 Å². The summed E-state index contributed by atoms with van der Waals surface area (Å²) < 4.78 is 16.3. The Morgan fingerprint density at radius 1 is 1.08 bits per heavy atom. The quantitative estimate of drug-likeness (QED) is 0.459. The van der Waals surface area contributed by atoms with E-state index in [1.807, 2.05) is 38.1 Å². The summed E-state index contributed by atoms with van der Waals surface area (Å²) >= 11 is 0. The Morgan fingerprint density at radius 2 is 1.80 bits per heavy atom. The van der Waals surface area contributed by atoms with Crippen LogP contribution in [0.4, 0.5) is 5.69 Å². The maximum Gasteiger partial charge on any atom is 0.193 e. The van der Waals surface area contributed by atoms with Crippen molar-refractivity contribution >= 4 is 11.6 Å². The van der Waals surface area contributed by atoms with Crippen molar-refractivity contribution in [2.75, 3.05) is 32.7 Å². The van der Waals surface area contributed by atoms with Gasteiger partial charge in [-0.2, -0.15) is 0 Å². The third-order valence-corrected chi connectivity index (χ3v) is 3.70. The SMILES string of the molecule is COc1ccc(OC)c(NC(N)=NCCOc2c(C)cccc2C)c1. The third-order valence-electron chi connectivity index (χ3n) is 3.70. The van der Waals surface area contributed by atoms with Gasteiger partial charge in [0.15, 0.2) is 5.96 Å². The molecule has 2 aromatic carbocycles. The highest BCUT2D eigenvalue weighted by atomic mass is 16.5. The van der Waals surface area contributed by atoms with E-state index >= 15 is 0 Å². The van der Waals surface area contributed by atoms with Crippen molar-refractivity contribution in [2.24, 2.45) is 10.7 Å². The number of anilines is 1. The number of aryl methyl sites for hydroxylation is 2. The van der Waals surface area contributed by atoms with Gasteiger partial charge in [0.05, 0.1) is 26.5 Å². The van der Waals surface area contributed by atoms with Crippen LogP contribution in [0.3, 0.4) is 0 Å². The second-order valence-electron chi connectivity index (χ2n) is 5.53. The number of nitrogens with two attached hydrogens (primary N) is 1. The molecule has 0 bridgehead atoms. The molecule has 6 nitrogen and oxygen atoms in total. The van der Waals surface area contributed by atoms with E-state index in [9.17, 15) is 0 Å². The fourth-order valence-electron chi connectivity index (χ4n) is 2.43. The molecule has 0 unspecified atom stereocenters. The van der Waals surface area contributed by atoms with Gasteiger partial charge in [-0.1, -0.05) is 18.2 Å². The molecule has 0 atom stereocenters. The Morgan fingerprint density at radius 3 is 2.44 bits per heavy atom. The first-order valence-corrected chi connectivity index (χ1v) is 8.03. The molecule has 25 heavy (non-hydrogen) atoms. The van der Waals surface area contributed by atoms with E-state index in [2.05, 4.69) is 10.3 Å². The molecule has 0 saturated heterocycles. The first-order valence-electron chi connectivity index (χ1n) is 8.03. The van der Waals surface area contributed by atoms with Crippen LogP contribution in [-0.2, 0) is 0 Å². The Balaban J connectivity index is 1.94. The lowest BCUT2D eigenvalue weighted by Crippen LogP contribution is -2.24. The second-order valence-corrected chi connectivity index (χ2v) is 5.53. The van der Waals surface area contributed by atoms with E-state index in [1.54, 1.807) is 26.4 Å². The van der Waals surface area contributed by atoms with Gasteiger partial charge in [0.2, 0.25) is 0 Å². The van der Waals surface area contributed by atoms with Crippen LogP contribution in [0.25, 0.3) is 0 Å². The summed E-state index contributed by atoms with van der Waals surface area (Å²) in [4.78, 5) is 4.29. The number of nitrogens with zero attached hydrogens (tertiary/aromatic N) is 1. The molecule has 0 aliphatic carbocycles. The van der Waals surface area contributed by atoms with Gasteiger partial charge in [0.25, 0.3) is 0 Å². The number of hydrogen-bond donors (Lipinski definition) is 2. The van der Waals surface area contributed by atoms with Crippen molar-refractivity contribution in [3.8, 4) is 17.2 Å². The van der Waals surface area contributed by atoms with Crippen LogP contribution in [-0.4, -0.2) is 33.3 Å². The second kappa shape index (κ2) is 8.82. The van der Waals surface area contributed by atoms with Crippen LogP contribution >= 0.6 is 0 Å². The molecule has 0 spiro atoms. The number of hydrogen-bond acceptors (Lipinski definition) is 4. The molecule has 134 valence electrons. The molecule has 3 N–H and O–H groups in total. The Labute approximate surface area is 148 Å². The highest BCUT2D eigenvalue weighted by Crippen LogP contribution is 2.28. The molecule has 0 saturated carbocycles. The van der Waals surface area contributed by atoms with Gasteiger partial charge in [0, 0.05) is 6.07 Å². The molecular formula is C19H25N3O3. The molecule has 2 rings (SSSR count). The van der Waals surface area contributed by atoms with E-state index in [1.165, 1.54) is 0 Å². The van der Waals surface area contributed by atoms with E-state index in [0.717, 1.165) is 16.9 Å². The van der Waals surface area contributed by atoms with Gasteiger partial charge in [-0.3, -0.25) is 0 Å². The number of aliphatic imine (C=N–C) groups is 1. The Bertz CT molecular complexity index is 724. The van der Waals surface area contributed by atoms with Crippen molar-refractivity contribution in [3.63, 3.8) is 0 Å². The molecule has 0 aliphatic rings. The predicted octanol–water partition coefficient (Wildman–Crippen LogP) is 3.13. The molecule has 0 fully saturated rings. The Hall–Kier alpha value is -2.89. The predicted molar refractivity (Wildman–Crippen MR) is 101 cm³/mol. The molecule has 6 heteroatoms. The van der Waals surface area contributed by atoms with Gasteiger partial charge in [0.1, 0.15) is 23.9 Å². The van der Waals surface area contributed by atoms with E-state index in [-0.39, 0.29) is 5.96 Å². The van der Waals surface area contributed by atoms with Gasteiger partial charge >= 0.3 is 0 Å².